The van der Waals surface area contributed by atoms with Gasteiger partial charge in [-0.3, -0.25) is 0 Å². The lowest BCUT2D eigenvalue weighted by Crippen LogP contribution is -2.36. The van der Waals surface area contributed by atoms with Crippen LogP contribution in [-0.4, -0.2) is 24.0 Å². The molecule has 0 aliphatic rings. The number of hydrogen-bond acceptors (Lipinski definition) is 1. The third-order valence-corrected chi connectivity index (χ3v) is 1.46. The first-order valence-electron chi connectivity index (χ1n) is 4.44. The third-order valence-electron chi connectivity index (χ3n) is 1.46. The van der Waals surface area contributed by atoms with Crippen molar-refractivity contribution in [1.82, 2.24) is 10.6 Å². The Morgan fingerprint density at radius 3 is 1.67 bits per heavy atom. The molecule has 0 aliphatic heterocycles. The summed E-state index contributed by atoms with van der Waals surface area (Å²) in [5, 5.41) is 0. The number of rotatable bonds is 4. The van der Waals surface area contributed by atoms with Crippen LogP contribution in [0.5, 0.6) is 0 Å². The smallest absolute Gasteiger partial charge is 0.323 e. The minimum Gasteiger partial charge on any atom is -0.323 e. The molecule has 0 rings (SSSR count). The molecule has 0 aromatic rings. The summed E-state index contributed by atoms with van der Waals surface area (Å²) in [5.41, 5.74) is 7.01. The van der Waals surface area contributed by atoms with Crippen molar-refractivity contribution >= 4 is 6.03 Å². The summed E-state index contributed by atoms with van der Waals surface area (Å²) in [6.07, 6.45) is 0. The summed E-state index contributed by atoms with van der Waals surface area (Å²) >= 11 is 0. The number of amides is 2. The minimum atomic E-state index is -0.558. The van der Waals surface area contributed by atoms with E-state index in [9.17, 15) is 4.79 Å². The Bertz CT molecular complexity index is 133. The molecule has 0 aromatic heterocycles. The van der Waals surface area contributed by atoms with E-state index in [1.807, 2.05) is 0 Å². The lowest BCUT2D eigenvalue weighted by Gasteiger charge is -2.23. The van der Waals surface area contributed by atoms with Crippen LogP contribution in [0.15, 0.2) is 0 Å². The maximum atomic E-state index is 10.8. The van der Waals surface area contributed by atoms with Crippen LogP contribution in [0.1, 0.15) is 27.7 Å². The fourth-order valence-corrected chi connectivity index (χ4v) is 1.12. The first kappa shape index (κ1) is 11.3. The summed E-state index contributed by atoms with van der Waals surface area (Å²) in [7, 11) is 0. The van der Waals surface area contributed by atoms with Crippen molar-refractivity contribution in [2.45, 2.75) is 27.7 Å². The summed E-state index contributed by atoms with van der Waals surface area (Å²) in [4.78, 5) is 12.4. The van der Waals surface area contributed by atoms with E-state index in [4.69, 9.17) is 5.73 Å². The van der Waals surface area contributed by atoms with Gasteiger partial charge in [-0.15, -0.1) is 0 Å². The van der Waals surface area contributed by atoms with Gasteiger partial charge in [0.25, 0.3) is 0 Å². The van der Waals surface area contributed by atoms with Crippen molar-refractivity contribution < 1.29 is 4.79 Å². The first-order valence-corrected chi connectivity index (χ1v) is 4.44. The van der Waals surface area contributed by atoms with Crippen LogP contribution < -0.4 is 5.73 Å². The molecule has 1 radical (unpaired) electrons. The van der Waals surface area contributed by atoms with Gasteiger partial charge in [-0.25, -0.2) is 10.5 Å². The molecular weight excluding hydrogens is 152 g/mol. The fourth-order valence-electron chi connectivity index (χ4n) is 1.12. The van der Waals surface area contributed by atoms with Crippen molar-refractivity contribution in [3.63, 3.8) is 0 Å². The first-order chi connectivity index (χ1) is 5.43. The number of nitrogens with zero attached hydrogens (tertiary/aromatic N) is 1. The average Bonchev–Trinajstić information content (AvgIpc) is 1.83. The molecule has 0 aliphatic carbocycles. The number of hydrogen-bond donors (Lipinski definition) is 0. The maximum absolute atomic E-state index is 10.8. The molecule has 0 saturated heterocycles. The van der Waals surface area contributed by atoms with Gasteiger partial charge < -0.3 is 4.90 Å². The summed E-state index contributed by atoms with van der Waals surface area (Å²) in [6.45, 7) is 9.60. The number of carbonyl (C=O) groups is 1. The predicted octanol–water partition coefficient (Wildman–Crippen LogP) is 2.00. The van der Waals surface area contributed by atoms with Crippen LogP contribution in [0.25, 0.3) is 0 Å². The zero-order chi connectivity index (χ0) is 9.72. The average molecular weight is 171 g/mol. The molecule has 0 heterocycles. The van der Waals surface area contributed by atoms with Gasteiger partial charge in [-0.2, -0.15) is 0 Å². The molecule has 0 spiro atoms. The van der Waals surface area contributed by atoms with Gasteiger partial charge in [0, 0.05) is 13.1 Å². The topological polar surface area (TPSA) is 44.1 Å². The molecule has 0 saturated carbocycles. The van der Waals surface area contributed by atoms with Gasteiger partial charge in [0.2, 0.25) is 0 Å². The van der Waals surface area contributed by atoms with Crippen molar-refractivity contribution in [3.8, 4) is 0 Å². The van der Waals surface area contributed by atoms with Gasteiger partial charge in [0.15, 0.2) is 0 Å². The van der Waals surface area contributed by atoms with Crippen LogP contribution in [0.4, 0.5) is 4.79 Å². The summed E-state index contributed by atoms with van der Waals surface area (Å²) in [5.74, 6) is 0.885. The molecule has 3 nitrogen and oxygen atoms in total. The molecule has 0 fully saturated rings. The standard InChI is InChI=1S/C9H19N2O/c1-7(2)5-11(9(10)12)6-8(3)4/h7-8,10H,5-6H2,1-4H3. The Balaban J connectivity index is 3.96. The predicted molar refractivity (Wildman–Crippen MR) is 49.7 cm³/mol. The fraction of sp³-hybridized carbons (Fsp3) is 0.889. The van der Waals surface area contributed by atoms with Crippen LogP contribution in [-0.2, 0) is 0 Å². The van der Waals surface area contributed by atoms with Gasteiger partial charge in [0.05, 0.1) is 0 Å². The Morgan fingerprint density at radius 2 is 1.50 bits per heavy atom. The SMILES string of the molecule is CC(C)CN(CC(C)C)C([NH])=O. The zero-order valence-electron chi connectivity index (χ0n) is 8.42. The van der Waals surface area contributed by atoms with E-state index in [2.05, 4.69) is 27.7 Å². The van der Waals surface area contributed by atoms with Crippen LogP contribution in [0, 0.1) is 11.8 Å². The summed E-state index contributed by atoms with van der Waals surface area (Å²) in [6, 6.07) is -0.558. The molecule has 71 valence electrons. The molecule has 2 amide bonds. The lowest BCUT2D eigenvalue weighted by molar-refractivity contribution is 0.191. The van der Waals surface area contributed by atoms with Crippen LogP contribution in [0.2, 0.25) is 0 Å². The molecule has 0 unspecified atom stereocenters. The highest BCUT2D eigenvalue weighted by Crippen LogP contribution is 2.03. The second kappa shape index (κ2) is 5.01. The van der Waals surface area contributed by atoms with E-state index < -0.39 is 6.03 Å². The largest absolute Gasteiger partial charge is 0.336 e. The zero-order valence-corrected chi connectivity index (χ0v) is 8.42. The number of nitrogens with one attached hydrogen (secondary N) is 1. The Labute approximate surface area is 74.9 Å². The highest BCUT2D eigenvalue weighted by atomic mass is 16.2. The van der Waals surface area contributed by atoms with Crippen molar-refractivity contribution in [3.05, 3.63) is 0 Å². The Hall–Kier alpha value is -0.730. The van der Waals surface area contributed by atoms with E-state index in [-0.39, 0.29) is 0 Å². The van der Waals surface area contributed by atoms with E-state index in [1.165, 1.54) is 0 Å². The number of carbonyl (C=O) groups excluding carboxylic acids is 1. The molecular formula is C9H19N2O. The minimum absolute atomic E-state index is 0.443. The van der Waals surface area contributed by atoms with Crippen LogP contribution >= 0.6 is 0 Å². The second-order valence-electron chi connectivity index (χ2n) is 4.00. The quantitative estimate of drug-likeness (QED) is 0.638. The van der Waals surface area contributed by atoms with Gasteiger partial charge >= 0.3 is 6.03 Å². The van der Waals surface area contributed by atoms with E-state index in [0.717, 1.165) is 0 Å². The number of urea groups is 1. The van der Waals surface area contributed by atoms with Gasteiger partial charge in [0.1, 0.15) is 0 Å². The molecule has 0 atom stereocenters. The highest BCUT2D eigenvalue weighted by molar-refractivity contribution is 5.71. The van der Waals surface area contributed by atoms with Gasteiger partial charge in [-0.1, -0.05) is 27.7 Å². The Morgan fingerprint density at radius 1 is 1.17 bits per heavy atom. The second-order valence-corrected chi connectivity index (χ2v) is 4.00. The molecule has 0 aromatic carbocycles. The molecule has 0 bridgehead atoms. The normalized spacial score (nSPS) is 10.8. The van der Waals surface area contributed by atoms with Gasteiger partial charge in [-0.05, 0) is 11.8 Å². The monoisotopic (exact) mass is 171 g/mol. The summed E-state index contributed by atoms with van der Waals surface area (Å²) < 4.78 is 0. The van der Waals surface area contributed by atoms with Crippen molar-refractivity contribution in [1.29, 1.82) is 0 Å². The molecule has 12 heavy (non-hydrogen) atoms. The van der Waals surface area contributed by atoms with E-state index >= 15 is 0 Å². The maximum Gasteiger partial charge on any atom is 0.336 e. The molecule has 1 N–H and O–H groups in total. The van der Waals surface area contributed by atoms with E-state index in [0.29, 0.717) is 24.9 Å². The molecule has 3 heteroatoms. The third kappa shape index (κ3) is 4.99. The lowest BCUT2D eigenvalue weighted by atomic mass is 10.1. The van der Waals surface area contributed by atoms with E-state index in [1.54, 1.807) is 4.90 Å². The Kier molecular flexibility index (Phi) is 4.71. The van der Waals surface area contributed by atoms with Crippen LogP contribution in [0.3, 0.4) is 0 Å². The van der Waals surface area contributed by atoms with Crippen molar-refractivity contribution in [2.75, 3.05) is 13.1 Å². The van der Waals surface area contributed by atoms with Crippen molar-refractivity contribution in [2.24, 2.45) is 11.8 Å². The highest BCUT2D eigenvalue weighted by Gasteiger charge is 2.12.